The topological polar surface area (TPSA) is 72.2 Å². The van der Waals surface area contributed by atoms with Crippen molar-refractivity contribution in [1.29, 1.82) is 0 Å². The molecule has 0 unspecified atom stereocenters. The number of hydrogen-bond acceptors (Lipinski definition) is 6. The van der Waals surface area contributed by atoms with E-state index in [0.29, 0.717) is 15.6 Å². The number of rotatable bonds is 5. The molecular formula is C21H16ClN5OS2. The summed E-state index contributed by atoms with van der Waals surface area (Å²) < 4.78 is 2.79. The highest BCUT2D eigenvalue weighted by molar-refractivity contribution is 7.21. The van der Waals surface area contributed by atoms with Crippen molar-refractivity contribution in [3.05, 3.63) is 64.3 Å². The number of aryl methyl sites for hydroxylation is 1. The zero-order valence-electron chi connectivity index (χ0n) is 15.9. The van der Waals surface area contributed by atoms with Gasteiger partial charge in [0.2, 0.25) is 4.96 Å². The zero-order chi connectivity index (χ0) is 20.7. The first-order valence-electron chi connectivity index (χ1n) is 9.44. The average molecular weight is 454 g/mol. The monoisotopic (exact) mass is 453 g/mol. The van der Waals surface area contributed by atoms with Crippen molar-refractivity contribution in [3.63, 3.8) is 0 Å². The number of amides is 1. The minimum absolute atomic E-state index is 0.221. The van der Waals surface area contributed by atoms with Gasteiger partial charge < -0.3 is 5.32 Å². The molecule has 3 heterocycles. The number of carbonyl (C=O) groups excluding carboxylic acids is 1. The van der Waals surface area contributed by atoms with Gasteiger partial charge in [0, 0.05) is 27.8 Å². The smallest absolute Gasteiger partial charge is 0.267 e. The lowest BCUT2D eigenvalue weighted by Crippen LogP contribution is -2.10. The quantitative estimate of drug-likeness (QED) is 0.358. The Morgan fingerprint density at radius 1 is 1.13 bits per heavy atom. The first-order chi connectivity index (χ1) is 14.6. The standard InChI is InChI=1S/C21H16ClN5OS2/c1-2-6-16-24-25-21-27(16)26-20(30-21)12-7-5-8-13(11-12)23-19(28)18-17(22)14-9-3-4-10-15(14)29-18/h3-5,7-11H,2,6H2,1H3,(H,23,28). The fraction of sp³-hybridized carbons (Fsp3) is 0.143. The molecule has 6 nitrogen and oxygen atoms in total. The summed E-state index contributed by atoms with van der Waals surface area (Å²) >= 11 is 9.31. The van der Waals surface area contributed by atoms with Crippen molar-refractivity contribution < 1.29 is 4.79 Å². The second kappa shape index (κ2) is 7.79. The van der Waals surface area contributed by atoms with E-state index in [1.165, 1.54) is 22.7 Å². The summed E-state index contributed by atoms with van der Waals surface area (Å²) in [5.74, 6) is 0.639. The molecule has 1 amide bonds. The molecule has 2 aromatic carbocycles. The lowest BCUT2D eigenvalue weighted by molar-refractivity contribution is 0.103. The number of carbonyl (C=O) groups is 1. The zero-order valence-corrected chi connectivity index (χ0v) is 18.3. The van der Waals surface area contributed by atoms with Gasteiger partial charge in [0.15, 0.2) is 5.82 Å². The van der Waals surface area contributed by atoms with Crippen molar-refractivity contribution in [2.75, 3.05) is 5.32 Å². The van der Waals surface area contributed by atoms with Crippen molar-refractivity contribution in [2.45, 2.75) is 19.8 Å². The number of benzene rings is 2. The summed E-state index contributed by atoms with van der Waals surface area (Å²) in [5, 5.41) is 18.2. The summed E-state index contributed by atoms with van der Waals surface area (Å²) in [7, 11) is 0. The fourth-order valence-corrected chi connectivity index (χ4v) is 5.50. The van der Waals surface area contributed by atoms with E-state index in [4.69, 9.17) is 11.6 Å². The number of hydrogen-bond donors (Lipinski definition) is 1. The van der Waals surface area contributed by atoms with E-state index in [1.54, 1.807) is 4.52 Å². The minimum Gasteiger partial charge on any atom is -0.321 e. The lowest BCUT2D eigenvalue weighted by atomic mass is 10.2. The second-order valence-electron chi connectivity index (χ2n) is 6.74. The molecule has 0 saturated carbocycles. The van der Waals surface area contributed by atoms with Gasteiger partial charge >= 0.3 is 0 Å². The highest BCUT2D eigenvalue weighted by atomic mass is 35.5. The second-order valence-corrected chi connectivity index (χ2v) is 9.13. The number of nitrogens with one attached hydrogen (secondary N) is 1. The number of aromatic nitrogens is 4. The van der Waals surface area contributed by atoms with Gasteiger partial charge in [0.25, 0.3) is 5.91 Å². The lowest BCUT2D eigenvalue weighted by Gasteiger charge is -2.05. The van der Waals surface area contributed by atoms with Crippen LogP contribution >= 0.6 is 34.3 Å². The van der Waals surface area contributed by atoms with Crippen LogP contribution in [0.1, 0.15) is 28.8 Å². The first-order valence-corrected chi connectivity index (χ1v) is 11.4. The SMILES string of the molecule is CCCc1nnc2sc(-c3cccc(NC(=O)c4sc5ccccc5c4Cl)c3)nn12. The molecule has 5 rings (SSSR count). The van der Waals surface area contributed by atoms with Crippen molar-refractivity contribution in [1.82, 2.24) is 19.8 Å². The molecule has 0 atom stereocenters. The number of anilines is 1. The number of halogens is 1. The Labute approximate surface area is 185 Å². The van der Waals surface area contributed by atoms with Gasteiger partial charge in [0.05, 0.1) is 5.02 Å². The molecule has 0 aliphatic rings. The van der Waals surface area contributed by atoms with E-state index < -0.39 is 0 Å². The van der Waals surface area contributed by atoms with Crippen LogP contribution in [0.5, 0.6) is 0 Å². The molecule has 0 bridgehead atoms. The molecule has 3 aromatic heterocycles. The molecule has 5 aromatic rings. The van der Waals surface area contributed by atoms with Crippen LogP contribution in [0.4, 0.5) is 5.69 Å². The molecule has 30 heavy (non-hydrogen) atoms. The summed E-state index contributed by atoms with van der Waals surface area (Å²) in [5.41, 5.74) is 1.60. The van der Waals surface area contributed by atoms with E-state index >= 15 is 0 Å². The van der Waals surface area contributed by atoms with Crippen LogP contribution in [0.3, 0.4) is 0 Å². The summed E-state index contributed by atoms with van der Waals surface area (Å²) in [6, 6.07) is 15.4. The molecule has 0 aliphatic carbocycles. The first kappa shape index (κ1) is 19.2. The Balaban J connectivity index is 1.43. The third-order valence-corrected chi connectivity index (χ3v) is 7.26. The molecule has 1 N–H and O–H groups in total. The normalized spacial score (nSPS) is 11.4. The maximum Gasteiger partial charge on any atom is 0.267 e. The Kier molecular flexibility index (Phi) is 4.98. The van der Waals surface area contributed by atoms with Crippen LogP contribution in [-0.4, -0.2) is 25.7 Å². The van der Waals surface area contributed by atoms with E-state index in [1.807, 2.05) is 48.5 Å². The maximum atomic E-state index is 12.8. The van der Waals surface area contributed by atoms with E-state index in [-0.39, 0.29) is 5.91 Å². The molecule has 0 aliphatic heterocycles. The summed E-state index contributed by atoms with van der Waals surface area (Å²) in [6.45, 7) is 2.10. The average Bonchev–Trinajstić information content (AvgIpc) is 3.43. The van der Waals surface area contributed by atoms with Gasteiger partial charge in [-0.2, -0.15) is 9.61 Å². The van der Waals surface area contributed by atoms with Crippen LogP contribution in [0.15, 0.2) is 48.5 Å². The third-order valence-electron chi connectivity index (χ3n) is 4.64. The molecule has 150 valence electrons. The van der Waals surface area contributed by atoms with Gasteiger partial charge in [0.1, 0.15) is 9.88 Å². The van der Waals surface area contributed by atoms with Crippen LogP contribution in [-0.2, 0) is 6.42 Å². The fourth-order valence-electron chi connectivity index (χ4n) is 3.23. The van der Waals surface area contributed by atoms with Crippen LogP contribution in [0.2, 0.25) is 5.02 Å². The molecule has 9 heteroatoms. The van der Waals surface area contributed by atoms with Crippen molar-refractivity contribution >= 4 is 60.9 Å². The number of thiophene rings is 1. The van der Waals surface area contributed by atoms with Crippen molar-refractivity contribution in [3.8, 4) is 10.6 Å². The van der Waals surface area contributed by atoms with Gasteiger partial charge in [-0.3, -0.25) is 4.79 Å². The number of fused-ring (bicyclic) bond motifs is 2. The summed E-state index contributed by atoms with van der Waals surface area (Å²) in [4.78, 5) is 14.1. The number of nitrogens with zero attached hydrogens (tertiary/aromatic N) is 4. The van der Waals surface area contributed by atoms with Crippen LogP contribution in [0, 0.1) is 0 Å². The van der Waals surface area contributed by atoms with E-state index in [0.717, 1.165) is 44.3 Å². The Hall–Kier alpha value is -2.81. The van der Waals surface area contributed by atoms with Gasteiger partial charge in [-0.15, -0.1) is 21.5 Å². The van der Waals surface area contributed by atoms with Gasteiger partial charge in [-0.05, 0) is 24.6 Å². The van der Waals surface area contributed by atoms with Crippen LogP contribution < -0.4 is 5.32 Å². The highest BCUT2D eigenvalue weighted by Gasteiger charge is 2.18. The molecular weight excluding hydrogens is 438 g/mol. The van der Waals surface area contributed by atoms with Crippen LogP contribution in [0.25, 0.3) is 25.6 Å². The maximum absolute atomic E-state index is 12.8. The highest BCUT2D eigenvalue weighted by Crippen LogP contribution is 2.36. The summed E-state index contributed by atoms with van der Waals surface area (Å²) in [6.07, 6.45) is 1.81. The molecule has 0 saturated heterocycles. The van der Waals surface area contributed by atoms with Gasteiger partial charge in [-0.25, -0.2) is 0 Å². The molecule has 0 spiro atoms. The van der Waals surface area contributed by atoms with E-state index in [9.17, 15) is 4.79 Å². The Morgan fingerprint density at radius 3 is 2.83 bits per heavy atom. The molecule has 0 fully saturated rings. The Morgan fingerprint density at radius 2 is 2.00 bits per heavy atom. The minimum atomic E-state index is -0.221. The third kappa shape index (κ3) is 3.36. The predicted molar refractivity (Wildman–Crippen MR) is 123 cm³/mol. The van der Waals surface area contributed by atoms with E-state index in [2.05, 4.69) is 27.5 Å². The molecule has 0 radical (unpaired) electrons. The van der Waals surface area contributed by atoms with Crippen molar-refractivity contribution in [2.24, 2.45) is 0 Å². The predicted octanol–water partition coefficient (Wildman–Crippen LogP) is 5.93. The van der Waals surface area contributed by atoms with Gasteiger partial charge in [-0.1, -0.05) is 60.2 Å². The largest absolute Gasteiger partial charge is 0.321 e. The Bertz CT molecular complexity index is 1390.